The summed E-state index contributed by atoms with van der Waals surface area (Å²) in [6.07, 6.45) is 0.344. The molecule has 0 unspecified atom stereocenters. The van der Waals surface area contributed by atoms with Crippen LogP contribution in [0.3, 0.4) is 0 Å². The van der Waals surface area contributed by atoms with E-state index in [9.17, 15) is 9.59 Å². The number of carbonyl (C=O) groups excluding carboxylic acids is 2. The third kappa shape index (κ3) is 2.00. The quantitative estimate of drug-likeness (QED) is 0.646. The molecule has 1 N–H and O–H groups in total. The van der Waals surface area contributed by atoms with E-state index in [-0.39, 0.29) is 11.6 Å². The maximum Gasteiger partial charge on any atom is 0.212 e. The molecule has 2 aromatic carbocycles. The van der Waals surface area contributed by atoms with Gasteiger partial charge in [0.2, 0.25) is 5.78 Å². The van der Waals surface area contributed by atoms with Gasteiger partial charge in [-0.3, -0.25) is 9.59 Å². The number of nitrogens with one attached hydrogen (secondary N) is 1. The minimum atomic E-state index is -0.132. The molecule has 0 spiro atoms. The largest absolute Gasteiger partial charge is 0.351 e. The second-order valence-corrected chi connectivity index (χ2v) is 7.13. The Labute approximate surface area is 143 Å². The Hall–Kier alpha value is -1.72. The Balaban J connectivity index is 1.93. The standard InChI is InChI=1S/C17H9Br2NO2/c18-9-2-1-8-5-14(21)15(11(8)6-9)16-17(22)12-7-10(19)3-4-13(12)20-16/h1-4,6-7,20H,5H2/b16-15+. The van der Waals surface area contributed by atoms with E-state index in [2.05, 4.69) is 37.2 Å². The molecule has 2 aliphatic rings. The lowest BCUT2D eigenvalue weighted by Gasteiger charge is -2.05. The van der Waals surface area contributed by atoms with Crippen molar-refractivity contribution in [3.8, 4) is 0 Å². The molecule has 108 valence electrons. The van der Waals surface area contributed by atoms with E-state index in [0.29, 0.717) is 23.3 Å². The molecule has 3 nitrogen and oxygen atoms in total. The van der Waals surface area contributed by atoms with Crippen LogP contribution in [0.4, 0.5) is 5.69 Å². The van der Waals surface area contributed by atoms with Crippen LogP contribution in [0, 0.1) is 0 Å². The molecule has 5 heteroatoms. The smallest absolute Gasteiger partial charge is 0.212 e. The average Bonchev–Trinajstić information content (AvgIpc) is 2.96. The van der Waals surface area contributed by atoms with Crippen LogP contribution in [0.1, 0.15) is 21.5 Å². The first-order valence-electron chi connectivity index (χ1n) is 6.72. The minimum Gasteiger partial charge on any atom is -0.351 e. The number of benzene rings is 2. The van der Waals surface area contributed by atoms with Gasteiger partial charge in [0.1, 0.15) is 0 Å². The molecule has 0 amide bonds. The lowest BCUT2D eigenvalue weighted by molar-refractivity contribution is -0.112. The first kappa shape index (κ1) is 13.9. The summed E-state index contributed by atoms with van der Waals surface area (Å²) in [6, 6.07) is 11.2. The van der Waals surface area contributed by atoms with Crippen LogP contribution in [-0.4, -0.2) is 11.6 Å². The molecule has 0 fully saturated rings. The Morgan fingerprint density at radius 1 is 0.909 bits per heavy atom. The summed E-state index contributed by atoms with van der Waals surface area (Å²) in [5.74, 6) is -0.150. The van der Waals surface area contributed by atoms with Gasteiger partial charge in [-0.25, -0.2) is 0 Å². The molecule has 1 aliphatic carbocycles. The highest BCUT2D eigenvalue weighted by Crippen LogP contribution is 2.39. The lowest BCUT2D eigenvalue weighted by atomic mass is 10.0. The highest BCUT2D eigenvalue weighted by Gasteiger charge is 2.34. The van der Waals surface area contributed by atoms with Crippen molar-refractivity contribution in [2.75, 3.05) is 5.32 Å². The number of halogens is 2. The normalized spacial score (nSPS) is 19.2. The zero-order valence-electron chi connectivity index (χ0n) is 11.2. The van der Waals surface area contributed by atoms with Crippen molar-refractivity contribution >= 4 is 54.7 Å². The van der Waals surface area contributed by atoms with E-state index in [1.807, 2.05) is 30.3 Å². The zero-order valence-corrected chi connectivity index (χ0v) is 14.4. The van der Waals surface area contributed by atoms with Crippen molar-refractivity contribution in [3.05, 3.63) is 67.7 Å². The highest BCUT2D eigenvalue weighted by molar-refractivity contribution is 9.10. The number of allylic oxidation sites excluding steroid dienone is 2. The Kier molecular flexibility index (Phi) is 3.09. The lowest BCUT2D eigenvalue weighted by Crippen LogP contribution is -2.08. The molecule has 0 saturated heterocycles. The van der Waals surface area contributed by atoms with Gasteiger partial charge in [0.25, 0.3) is 0 Å². The number of fused-ring (bicyclic) bond motifs is 2. The molecule has 0 radical (unpaired) electrons. The fourth-order valence-electron chi connectivity index (χ4n) is 2.94. The predicted octanol–water partition coefficient (Wildman–Crippen LogP) is 4.36. The number of carbonyl (C=O) groups is 2. The summed E-state index contributed by atoms with van der Waals surface area (Å²) in [7, 11) is 0. The van der Waals surface area contributed by atoms with Crippen molar-refractivity contribution in [1.29, 1.82) is 0 Å². The van der Waals surface area contributed by atoms with Crippen LogP contribution in [-0.2, 0) is 11.2 Å². The molecule has 0 saturated carbocycles. The molecule has 0 atom stereocenters. The van der Waals surface area contributed by atoms with Gasteiger partial charge in [-0.05, 0) is 41.5 Å². The first-order valence-corrected chi connectivity index (χ1v) is 8.31. The van der Waals surface area contributed by atoms with Crippen molar-refractivity contribution < 1.29 is 9.59 Å². The number of hydrogen-bond acceptors (Lipinski definition) is 3. The summed E-state index contributed by atoms with van der Waals surface area (Å²) in [4.78, 5) is 25.1. The summed E-state index contributed by atoms with van der Waals surface area (Å²) >= 11 is 6.80. The summed E-state index contributed by atoms with van der Waals surface area (Å²) in [5.41, 5.74) is 4.01. The van der Waals surface area contributed by atoms with Crippen molar-refractivity contribution in [1.82, 2.24) is 0 Å². The van der Waals surface area contributed by atoms with Crippen molar-refractivity contribution in [2.45, 2.75) is 6.42 Å². The number of hydrogen-bond donors (Lipinski definition) is 1. The number of anilines is 1. The van der Waals surface area contributed by atoms with Crippen LogP contribution < -0.4 is 5.32 Å². The zero-order chi connectivity index (χ0) is 15.4. The van der Waals surface area contributed by atoms with Gasteiger partial charge in [0.15, 0.2) is 5.78 Å². The summed E-state index contributed by atoms with van der Waals surface area (Å²) in [6.45, 7) is 0. The Morgan fingerprint density at radius 2 is 1.59 bits per heavy atom. The van der Waals surface area contributed by atoms with Gasteiger partial charge in [0, 0.05) is 26.6 Å². The van der Waals surface area contributed by atoms with Gasteiger partial charge in [-0.1, -0.05) is 37.9 Å². The molecule has 2 aromatic rings. The van der Waals surface area contributed by atoms with E-state index >= 15 is 0 Å². The van der Waals surface area contributed by atoms with E-state index in [0.717, 1.165) is 25.8 Å². The Bertz CT molecular complexity index is 900. The van der Waals surface area contributed by atoms with Crippen molar-refractivity contribution in [2.24, 2.45) is 0 Å². The van der Waals surface area contributed by atoms with E-state index < -0.39 is 0 Å². The number of ketones is 2. The molecule has 0 aromatic heterocycles. The molecule has 22 heavy (non-hydrogen) atoms. The van der Waals surface area contributed by atoms with E-state index in [1.165, 1.54) is 0 Å². The van der Waals surface area contributed by atoms with Gasteiger partial charge in [0.05, 0.1) is 11.3 Å². The van der Waals surface area contributed by atoms with E-state index in [4.69, 9.17) is 0 Å². The minimum absolute atomic E-state index is 0.0178. The SMILES string of the molecule is O=C1Cc2ccc(Br)cc2/C1=C1\Nc2ccc(Br)cc2C1=O. The Morgan fingerprint density at radius 3 is 2.36 bits per heavy atom. The predicted molar refractivity (Wildman–Crippen MR) is 91.9 cm³/mol. The van der Waals surface area contributed by atoms with Crippen LogP contribution in [0.5, 0.6) is 0 Å². The van der Waals surface area contributed by atoms with Crippen LogP contribution in [0.2, 0.25) is 0 Å². The molecular formula is C17H9Br2NO2. The number of Topliss-reactive ketones (excluding diaryl/α,β-unsaturated/α-hetero) is 2. The summed E-state index contributed by atoms with van der Waals surface area (Å²) < 4.78 is 1.73. The van der Waals surface area contributed by atoms with Crippen LogP contribution >= 0.6 is 31.9 Å². The third-order valence-corrected chi connectivity index (χ3v) is 4.92. The van der Waals surface area contributed by atoms with E-state index in [1.54, 1.807) is 6.07 Å². The second-order valence-electron chi connectivity index (χ2n) is 5.30. The fourth-order valence-corrected chi connectivity index (χ4v) is 3.66. The first-order chi connectivity index (χ1) is 10.5. The van der Waals surface area contributed by atoms with Gasteiger partial charge >= 0.3 is 0 Å². The van der Waals surface area contributed by atoms with Gasteiger partial charge in [-0.2, -0.15) is 0 Å². The third-order valence-electron chi connectivity index (χ3n) is 3.93. The van der Waals surface area contributed by atoms with Gasteiger partial charge < -0.3 is 5.32 Å². The monoisotopic (exact) mass is 417 g/mol. The fraction of sp³-hybridized carbons (Fsp3) is 0.0588. The van der Waals surface area contributed by atoms with Crippen molar-refractivity contribution in [3.63, 3.8) is 0 Å². The van der Waals surface area contributed by atoms with Crippen LogP contribution in [0.15, 0.2) is 51.0 Å². The molecule has 1 aliphatic heterocycles. The average molecular weight is 419 g/mol. The topological polar surface area (TPSA) is 46.2 Å². The highest BCUT2D eigenvalue weighted by atomic mass is 79.9. The molecule has 4 rings (SSSR count). The molecular weight excluding hydrogens is 410 g/mol. The van der Waals surface area contributed by atoms with Gasteiger partial charge in [-0.15, -0.1) is 0 Å². The molecule has 0 bridgehead atoms. The maximum atomic E-state index is 12.7. The number of rotatable bonds is 0. The van der Waals surface area contributed by atoms with Crippen LogP contribution in [0.25, 0.3) is 5.57 Å². The second kappa shape index (κ2) is 4.89. The molecule has 1 heterocycles. The summed E-state index contributed by atoms with van der Waals surface area (Å²) in [5, 5.41) is 3.12. The maximum absolute atomic E-state index is 12.7.